The van der Waals surface area contributed by atoms with E-state index in [1.165, 1.54) is 28.5 Å². The van der Waals surface area contributed by atoms with E-state index >= 15 is 0 Å². The van der Waals surface area contributed by atoms with Crippen LogP contribution in [0.5, 0.6) is 5.75 Å². The summed E-state index contributed by atoms with van der Waals surface area (Å²) in [4.78, 5) is 17.4. The SMILES string of the molecule is CN(C)CCNC(=O)[C@@H]1C[C@H](COc2cccc(F)c2)CN(Cc2ccc3ccccc3c2)C1. The van der Waals surface area contributed by atoms with Crippen molar-refractivity contribution in [3.8, 4) is 5.75 Å². The van der Waals surface area contributed by atoms with Crippen LogP contribution in [0.25, 0.3) is 10.8 Å². The molecule has 6 heteroatoms. The summed E-state index contributed by atoms with van der Waals surface area (Å²) in [5.41, 5.74) is 1.23. The number of nitrogens with one attached hydrogen (secondary N) is 1. The van der Waals surface area contributed by atoms with Crippen LogP contribution < -0.4 is 10.1 Å². The Balaban J connectivity index is 1.44. The van der Waals surface area contributed by atoms with Crippen LogP contribution in [0.1, 0.15) is 12.0 Å². The number of benzene rings is 3. The van der Waals surface area contributed by atoms with Crippen LogP contribution in [0.3, 0.4) is 0 Å². The molecule has 4 rings (SSSR count). The number of carbonyl (C=O) groups excluding carboxylic acids is 1. The van der Waals surface area contributed by atoms with E-state index in [4.69, 9.17) is 4.74 Å². The first-order valence-electron chi connectivity index (χ1n) is 12.0. The van der Waals surface area contributed by atoms with E-state index in [9.17, 15) is 9.18 Å². The van der Waals surface area contributed by atoms with Gasteiger partial charge in [0.15, 0.2) is 0 Å². The Morgan fingerprint density at radius 2 is 1.88 bits per heavy atom. The molecule has 0 aromatic heterocycles. The van der Waals surface area contributed by atoms with Crippen LogP contribution >= 0.6 is 0 Å². The predicted octanol–water partition coefficient (Wildman–Crippen LogP) is 4.17. The summed E-state index contributed by atoms with van der Waals surface area (Å²) in [5.74, 6) is 0.399. The largest absolute Gasteiger partial charge is 0.493 e. The van der Waals surface area contributed by atoms with Gasteiger partial charge in [0.25, 0.3) is 0 Å². The fraction of sp³-hybridized carbons (Fsp3) is 0.393. The van der Waals surface area contributed by atoms with Gasteiger partial charge < -0.3 is 15.0 Å². The summed E-state index contributed by atoms with van der Waals surface area (Å²) in [6, 6.07) is 21.1. The fourth-order valence-electron chi connectivity index (χ4n) is 4.66. The molecule has 0 saturated carbocycles. The van der Waals surface area contributed by atoms with Gasteiger partial charge in [-0.2, -0.15) is 0 Å². The van der Waals surface area contributed by atoms with Gasteiger partial charge >= 0.3 is 0 Å². The molecule has 3 aromatic rings. The number of likely N-dealkylation sites (tertiary alicyclic amines) is 1. The van der Waals surface area contributed by atoms with E-state index in [2.05, 4.69) is 57.6 Å². The number of nitrogens with zero attached hydrogens (tertiary/aromatic N) is 2. The topological polar surface area (TPSA) is 44.8 Å². The molecule has 1 heterocycles. The van der Waals surface area contributed by atoms with Crippen molar-refractivity contribution in [2.24, 2.45) is 11.8 Å². The van der Waals surface area contributed by atoms with Crippen LogP contribution in [0.2, 0.25) is 0 Å². The number of hydrogen-bond acceptors (Lipinski definition) is 4. The van der Waals surface area contributed by atoms with Gasteiger partial charge in [0.2, 0.25) is 5.91 Å². The Bertz CT molecular complexity index is 1100. The Morgan fingerprint density at radius 3 is 2.68 bits per heavy atom. The number of likely N-dealkylation sites (N-methyl/N-ethyl adjacent to an activating group) is 1. The van der Waals surface area contributed by atoms with Gasteiger partial charge in [-0.15, -0.1) is 0 Å². The second-order valence-corrected chi connectivity index (χ2v) is 9.54. The van der Waals surface area contributed by atoms with Crippen molar-refractivity contribution in [3.05, 3.63) is 78.1 Å². The summed E-state index contributed by atoms with van der Waals surface area (Å²) in [5, 5.41) is 5.55. The summed E-state index contributed by atoms with van der Waals surface area (Å²) in [7, 11) is 4.00. The van der Waals surface area contributed by atoms with Crippen LogP contribution in [-0.4, -0.2) is 62.6 Å². The molecule has 1 fully saturated rings. The van der Waals surface area contributed by atoms with Crippen molar-refractivity contribution in [3.63, 3.8) is 0 Å². The van der Waals surface area contributed by atoms with E-state index in [0.717, 1.165) is 32.6 Å². The first-order valence-corrected chi connectivity index (χ1v) is 12.0. The van der Waals surface area contributed by atoms with E-state index < -0.39 is 0 Å². The Labute approximate surface area is 201 Å². The first kappa shape index (κ1) is 24.2. The maximum absolute atomic E-state index is 13.5. The highest BCUT2D eigenvalue weighted by Gasteiger charge is 2.32. The molecule has 180 valence electrons. The minimum atomic E-state index is -0.308. The number of hydrogen-bond donors (Lipinski definition) is 1. The number of ether oxygens (including phenoxy) is 1. The van der Waals surface area contributed by atoms with Crippen LogP contribution in [0, 0.1) is 17.7 Å². The quantitative estimate of drug-likeness (QED) is 0.517. The molecule has 34 heavy (non-hydrogen) atoms. The van der Waals surface area contributed by atoms with Crippen molar-refractivity contribution in [1.82, 2.24) is 15.1 Å². The van der Waals surface area contributed by atoms with Gasteiger partial charge in [0, 0.05) is 44.7 Å². The normalized spacial score (nSPS) is 18.8. The molecular weight excluding hydrogens is 429 g/mol. The smallest absolute Gasteiger partial charge is 0.224 e. The average molecular weight is 464 g/mol. The molecule has 3 aromatic carbocycles. The van der Waals surface area contributed by atoms with Gasteiger partial charge in [0.1, 0.15) is 11.6 Å². The number of piperidine rings is 1. The lowest BCUT2D eigenvalue weighted by Gasteiger charge is -2.37. The second-order valence-electron chi connectivity index (χ2n) is 9.54. The number of amides is 1. The minimum absolute atomic E-state index is 0.0980. The number of halogens is 1. The lowest BCUT2D eigenvalue weighted by molar-refractivity contribution is -0.127. The van der Waals surface area contributed by atoms with Crippen molar-refractivity contribution in [1.29, 1.82) is 0 Å². The third kappa shape index (κ3) is 6.78. The standard InChI is InChI=1S/C28H34FN3O2/c1-31(2)13-12-30-28(33)25-15-22(20-34-27-9-5-8-26(29)16-27)18-32(19-25)17-21-10-11-23-6-3-4-7-24(23)14-21/h3-11,14,16,22,25H,12-13,15,17-20H2,1-2H3,(H,30,33)/t22-,25+/m0/s1. The highest BCUT2D eigenvalue weighted by molar-refractivity contribution is 5.83. The molecule has 2 atom stereocenters. The number of rotatable bonds is 9. The highest BCUT2D eigenvalue weighted by atomic mass is 19.1. The van der Waals surface area contributed by atoms with Gasteiger partial charge in [-0.3, -0.25) is 9.69 Å². The van der Waals surface area contributed by atoms with Crippen LogP contribution in [-0.2, 0) is 11.3 Å². The molecule has 1 aliphatic rings. The zero-order valence-corrected chi connectivity index (χ0v) is 20.0. The average Bonchev–Trinajstić information content (AvgIpc) is 2.82. The summed E-state index contributed by atoms with van der Waals surface area (Å²) in [6.45, 7) is 4.24. The highest BCUT2D eigenvalue weighted by Crippen LogP contribution is 2.26. The molecule has 5 nitrogen and oxygen atoms in total. The molecule has 0 spiro atoms. The lowest BCUT2D eigenvalue weighted by Crippen LogP contribution is -2.48. The fourth-order valence-corrected chi connectivity index (χ4v) is 4.66. The monoisotopic (exact) mass is 463 g/mol. The van der Waals surface area contributed by atoms with Gasteiger partial charge in [-0.05, 0) is 55.1 Å². The number of fused-ring (bicyclic) bond motifs is 1. The van der Waals surface area contributed by atoms with Crippen molar-refractivity contribution >= 4 is 16.7 Å². The van der Waals surface area contributed by atoms with Gasteiger partial charge in [-0.25, -0.2) is 4.39 Å². The Kier molecular flexibility index (Phi) is 8.14. The summed E-state index contributed by atoms with van der Waals surface area (Å²) in [6.07, 6.45) is 0.761. The molecule has 1 N–H and O–H groups in total. The molecule has 0 aliphatic carbocycles. The van der Waals surface area contributed by atoms with Crippen molar-refractivity contribution in [2.75, 3.05) is 46.9 Å². The molecule has 0 unspecified atom stereocenters. The summed E-state index contributed by atoms with van der Waals surface area (Å²) >= 11 is 0. The van der Waals surface area contributed by atoms with Crippen LogP contribution in [0.4, 0.5) is 4.39 Å². The van der Waals surface area contributed by atoms with E-state index in [1.54, 1.807) is 12.1 Å². The van der Waals surface area contributed by atoms with Gasteiger partial charge in [0.05, 0.1) is 12.5 Å². The maximum Gasteiger partial charge on any atom is 0.224 e. The zero-order chi connectivity index (χ0) is 23.9. The first-order chi connectivity index (χ1) is 16.5. The molecule has 1 amide bonds. The Morgan fingerprint density at radius 1 is 1.06 bits per heavy atom. The molecule has 1 saturated heterocycles. The predicted molar refractivity (Wildman–Crippen MR) is 134 cm³/mol. The second kappa shape index (κ2) is 11.4. The third-order valence-electron chi connectivity index (χ3n) is 6.34. The molecule has 1 aliphatic heterocycles. The molecule has 0 bridgehead atoms. The van der Waals surface area contributed by atoms with E-state index in [-0.39, 0.29) is 23.6 Å². The van der Waals surface area contributed by atoms with E-state index in [1.807, 2.05) is 14.1 Å². The van der Waals surface area contributed by atoms with Crippen molar-refractivity contribution in [2.45, 2.75) is 13.0 Å². The van der Waals surface area contributed by atoms with Gasteiger partial charge in [-0.1, -0.05) is 42.5 Å². The van der Waals surface area contributed by atoms with E-state index in [0.29, 0.717) is 18.9 Å². The lowest BCUT2D eigenvalue weighted by atomic mass is 9.88. The Hall–Kier alpha value is -2.96. The van der Waals surface area contributed by atoms with Crippen LogP contribution in [0.15, 0.2) is 66.7 Å². The zero-order valence-electron chi connectivity index (χ0n) is 20.0. The molecule has 0 radical (unpaired) electrons. The maximum atomic E-state index is 13.5. The summed E-state index contributed by atoms with van der Waals surface area (Å²) < 4.78 is 19.5. The number of carbonyl (C=O) groups is 1. The molecular formula is C28H34FN3O2. The van der Waals surface area contributed by atoms with Crippen molar-refractivity contribution < 1.29 is 13.9 Å². The minimum Gasteiger partial charge on any atom is -0.493 e. The third-order valence-corrected chi connectivity index (χ3v) is 6.34.